The van der Waals surface area contributed by atoms with Crippen LogP contribution in [0.4, 0.5) is 5.69 Å². The summed E-state index contributed by atoms with van der Waals surface area (Å²) in [4.78, 5) is 28.4. The van der Waals surface area contributed by atoms with Gasteiger partial charge in [0.05, 0.1) is 21.2 Å². The molecule has 102 valence electrons. The Balaban J connectivity index is 2.42. The van der Waals surface area contributed by atoms with Crippen molar-refractivity contribution in [3.8, 4) is 11.5 Å². The zero-order chi connectivity index (χ0) is 14.7. The lowest BCUT2D eigenvalue weighted by Gasteiger charge is -2.07. The van der Waals surface area contributed by atoms with Gasteiger partial charge < -0.3 is 9.84 Å². The quantitative estimate of drug-likeness (QED) is 0.672. The first-order valence-electron chi connectivity index (χ1n) is 5.13. The van der Waals surface area contributed by atoms with E-state index in [9.17, 15) is 14.9 Å². The minimum absolute atomic E-state index is 0.0694. The van der Waals surface area contributed by atoms with Gasteiger partial charge in [-0.2, -0.15) is 0 Å². The fourth-order valence-corrected chi connectivity index (χ4v) is 1.76. The van der Waals surface area contributed by atoms with Gasteiger partial charge in [0.1, 0.15) is 11.9 Å². The maximum Gasteiger partial charge on any atom is 0.337 e. The van der Waals surface area contributed by atoms with Crippen LogP contribution in [0.2, 0.25) is 0 Å². The van der Waals surface area contributed by atoms with E-state index < -0.39 is 10.9 Å². The number of pyridine rings is 2. The maximum absolute atomic E-state index is 10.9. The largest absolute Gasteiger partial charge is 0.478 e. The molecule has 0 bridgehead atoms. The van der Waals surface area contributed by atoms with Crippen molar-refractivity contribution in [2.45, 2.75) is 0 Å². The number of hydrogen-bond acceptors (Lipinski definition) is 6. The molecule has 20 heavy (non-hydrogen) atoms. The minimum atomic E-state index is -1.17. The van der Waals surface area contributed by atoms with Gasteiger partial charge in [-0.05, 0) is 22.0 Å². The summed E-state index contributed by atoms with van der Waals surface area (Å²) in [6.07, 6.45) is 4.76. The molecule has 2 aromatic heterocycles. The van der Waals surface area contributed by atoms with Gasteiger partial charge in [-0.15, -0.1) is 0 Å². The van der Waals surface area contributed by atoms with Crippen molar-refractivity contribution in [2.24, 2.45) is 0 Å². The molecule has 0 aromatic carbocycles. The average Bonchev–Trinajstić information content (AvgIpc) is 2.41. The Morgan fingerprint density at radius 3 is 2.65 bits per heavy atom. The molecule has 2 rings (SSSR count). The van der Waals surface area contributed by atoms with E-state index in [-0.39, 0.29) is 27.2 Å². The second kappa shape index (κ2) is 5.61. The van der Waals surface area contributed by atoms with E-state index in [4.69, 9.17) is 9.84 Å². The van der Waals surface area contributed by atoms with Crippen LogP contribution in [0.1, 0.15) is 10.4 Å². The lowest BCUT2D eigenvalue weighted by molar-refractivity contribution is -0.386. The second-order valence-electron chi connectivity index (χ2n) is 3.54. The van der Waals surface area contributed by atoms with Gasteiger partial charge in [0.2, 0.25) is 5.75 Å². The maximum atomic E-state index is 10.9. The fourth-order valence-electron chi connectivity index (χ4n) is 1.35. The summed E-state index contributed by atoms with van der Waals surface area (Å²) in [6.45, 7) is 0. The van der Waals surface area contributed by atoms with E-state index in [2.05, 4.69) is 25.9 Å². The SMILES string of the molecule is O=C(O)c1cncc(Oc2c(Br)cncc2[N+](=O)[O-])c1. The number of carbonyl (C=O) groups is 1. The monoisotopic (exact) mass is 339 g/mol. The minimum Gasteiger partial charge on any atom is -0.478 e. The van der Waals surface area contributed by atoms with Crippen LogP contribution in [0, 0.1) is 10.1 Å². The van der Waals surface area contributed by atoms with Crippen molar-refractivity contribution in [1.82, 2.24) is 9.97 Å². The van der Waals surface area contributed by atoms with Crippen LogP contribution < -0.4 is 4.74 Å². The molecule has 0 unspecified atom stereocenters. The first-order valence-corrected chi connectivity index (χ1v) is 5.92. The van der Waals surface area contributed by atoms with Gasteiger partial charge >= 0.3 is 11.7 Å². The molecule has 0 atom stereocenters. The number of aromatic nitrogens is 2. The molecule has 9 heteroatoms. The fraction of sp³-hybridized carbons (Fsp3) is 0. The molecule has 2 aromatic rings. The van der Waals surface area contributed by atoms with Gasteiger partial charge in [-0.3, -0.25) is 20.1 Å². The van der Waals surface area contributed by atoms with E-state index in [1.165, 1.54) is 18.5 Å². The summed E-state index contributed by atoms with van der Waals surface area (Å²) in [5.74, 6) is -1.18. The van der Waals surface area contributed by atoms with Crippen LogP contribution in [-0.2, 0) is 0 Å². The molecule has 0 aliphatic rings. The van der Waals surface area contributed by atoms with Crippen LogP contribution in [-0.4, -0.2) is 26.0 Å². The third kappa shape index (κ3) is 2.88. The third-order valence-corrected chi connectivity index (χ3v) is 2.78. The van der Waals surface area contributed by atoms with Crippen molar-refractivity contribution in [2.75, 3.05) is 0 Å². The van der Waals surface area contributed by atoms with E-state index in [1.807, 2.05) is 0 Å². The summed E-state index contributed by atoms with van der Waals surface area (Å²) >= 11 is 3.09. The summed E-state index contributed by atoms with van der Waals surface area (Å²) < 4.78 is 5.61. The second-order valence-corrected chi connectivity index (χ2v) is 4.40. The predicted molar refractivity (Wildman–Crippen MR) is 69.9 cm³/mol. The van der Waals surface area contributed by atoms with Crippen LogP contribution >= 0.6 is 15.9 Å². The standard InChI is InChI=1S/C11H6BrN3O5/c12-8-4-14-5-9(15(18)19)10(8)20-7-1-6(11(16)17)2-13-3-7/h1-5H,(H,16,17). The zero-order valence-electron chi connectivity index (χ0n) is 9.69. The Kier molecular flexibility index (Phi) is 3.89. The predicted octanol–water partition coefficient (Wildman–Crippen LogP) is 2.64. The Morgan fingerprint density at radius 1 is 1.30 bits per heavy atom. The van der Waals surface area contributed by atoms with Crippen LogP contribution in [0.15, 0.2) is 35.3 Å². The topological polar surface area (TPSA) is 115 Å². The first-order chi connectivity index (χ1) is 9.49. The van der Waals surface area contributed by atoms with Crippen LogP contribution in [0.25, 0.3) is 0 Å². The molecule has 0 spiro atoms. The van der Waals surface area contributed by atoms with Crippen molar-refractivity contribution in [1.29, 1.82) is 0 Å². The van der Waals surface area contributed by atoms with E-state index in [0.29, 0.717) is 0 Å². The Bertz CT molecular complexity index is 692. The third-order valence-electron chi connectivity index (χ3n) is 2.21. The highest BCUT2D eigenvalue weighted by Gasteiger charge is 2.20. The zero-order valence-corrected chi connectivity index (χ0v) is 11.3. The number of carboxylic acids is 1. The van der Waals surface area contributed by atoms with Gasteiger partial charge in [-0.1, -0.05) is 0 Å². The summed E-state index contributed by atoms with van der Waals surface area (Å²) in [5, 5.41) is 19.7. The first kappa shape index (κ1) is 13.9. The number of nitrogens with zero attached hydrogens (tertiary/aromatic N) is 3. The molecule has 0 amide bonds. The molecule has 0 radical (unpaired) electrons. The lowest BCUT2D eigenvalue weighted by atomic mass is 10.3. The lowest BCUT2D eigenvalue weighted by Crippen LogP contribution is -1.99. The van der Waals surface area contributed by atoms with Crippen LogP contribution in [0.3, 0.4) is 0 Å². The molecule has 0 aliphatic carbocycles. The Hall–Kier alpha value is -2.55. The highest BCUT2D eigenvalue weighted by atomic mass is 79.9. The van der Waals surface area contributed by atoms with Gasteiger partial charge in [0, 0.05) is 12.4 Å². The number of hydrogen-bond donors (Lipinski definition) is 1. The van der Waals surface area contributed by atoms with E-state index >= 15 is 0 Å². The van der Waals surface area contributed by atoms with Gasteiger partial charge in [0.25, 0.3) is 0 Å². The van der Waals surface area contributed by atoms with Gasteiger partial charge in [-0.25, -0.2) is 4.79 Å². The van der Waals surface area contributed by atoms with Gasteiger partial charge in [0.15, 0.2) is 0 Å². The number of ether oxygens (including phenoxy) is 1. The normalized spacial score (nSPS) is 10.1. The highest BCUT2D eigenvalue weighted by Crippen LogP contribution is 2.36. The molecule has 1 N–H and O–H groups in total. The van der Waals surface area contributed by atoms with Crippen molar-refractivity contribution in [3.05, 3.63) is 51.0 Å². The smallest absolute Gasteiger partial charge is 0.337 e. The molecule has 0 aliphatic heterocycles. The number of carboxylic acid groups (broad SMARTS) is 1. The Morgan fingerprint density at radius 2 is 2.00 bits per heavy atom. The molecule has 8 nitrogen and oxygen atoms in total. The Labute approximate surface area is 120 Å². The average molecular weight is 340 g/mol. The highest BCUT2D eigenvalue weighted by molar-refractivity contribution is 9.10. The van der Waals surface area contributed by atoms with E-state index in [0.717, 1.165) is 12.4 Å². The molecular formula is C11H6BrN3O5. The summed E-state index contributed by atoms with van der Waals surface area (Å²) in [7, 11) is 0. The molecule has 0 fully saturated rings. The molecular weight excluding hydrogens is 334 g/mol. The van der Waals surface area contributed by atoms with Crippen molar-refractivity contribution in [3.63, 3.8) is 0 Å². The molecule has 0 saturated heterocycles. The van der Waals surface area contributed by atoms with Crippen molar-refractivity contribution < 1.29 is 19.6 Å². The van der Waals surface area contributed by atoms with Crippen molar-refractivity contribution >= 4 is 27.6 Å². The summed E-state index contributed by atoms with van der Waals surface area (Å²) in [6, 6.07) is 1.21. The number of halogens is 1. The van der Waals surface area contributed by atoms with Crippen LogP contribution in [0.5, 0.6) is 11.5 Å². The number of nitro groups is 1. The molecule has 0 saturated carbocycles. The summed E-state index contributed by atoms with van der Waals surface area (Å²) in [5.41, 5.74) is -0.435. The van der Waals surface area contributed by atoms with E-state index in [1.54, 1.807) is 0 Å². The molecule has 2 heterocycles. The number of rotatable bonds is 4. The number of aromatic carboxylic acids is 1.